The second kappa shape index (κ2) is 5.79. The van der Waals surface area contributed by atoms with Crippen LogP contribution < -0.4 is 5.32 Å². The molecule has 1 atom stereocenters. The van der Waals surface area contributed by atoms with Crippen LogP contribution in [0.25, 0.3) is 0 Å². The maximum Gasteiger partial charge on any atom is 0.157 e. The van der Waals surface area contributed by atoms with E-state index in [1.165, 1.54) is 23.3 Å². The molecule has 1 unspecified atom stereocenters. The number of rotatable bonds is 3. The fourth-order valence-corrected chi connectivity index (χ4v) is 3.16. The van der Waals surface area contributed by atoms with Gasteiger partial charge >= 0.3 is 0 Å². The van der Waals surface area contributed by atoms with Crippen molar-refractivity contribution < 1.29 is 0 Å². The molecule has 3 heteroatoms. The highest BCUT2D eigenvalue weighted by Crippen LogP contribution is 2.25. The number of benzene rings is 1. The van der Waals surface area contributed by atoms with Crippen LogP contribution in [-0.2, 0) is 6.54 Å². The van der Waals surface area contributed by atoms with Gasteiger partial charge in [-0.25, -0.2) is 0 Å². The van der Waals surface area contributed by atoms with Gasteiger partial charge in [0.25, 0.3) is 0 Å². The van der Waals surface area contributed by atoms with E-state index in [1.807, 2.05) is 11.8 Å². The molecule has 1 N–H and O–H groups in total. The Morgan fingerprint density at radius 2 is 2.06 bits per heavy atom. The summed E-state index contributed by atoms with van der Waals surface area (Å²) in [5.74, 6) is 1.17. The van der Waals surface area contributed by atoms with Crippen LogP contribution in [0.5, 0.6) is 0 Å². The molecule has 1 aliphatic heterocycles. The molecule has 0 aliphatic carbocycles. The van der Waals surface area contributed by atoms with Crippen molar-refractivity contribution in [2.75, 3.05) is 5.75 Å². The van der Waals surface area contributed by atoms with Crippen LogP contribution in [0.15, 0.2) is 29.3 Å². The first-order valence-corrected chi connectivity index (χ1v) is 7.61. The molecule has 1 aliphatic rings. The average Bonchev–Trinajstić information content (AvgIpc) is 2.38. The summed E-state index contributed by atoms with van der Waals surface area (Å²) in [6.45, 7) is 7.41. The number of nitrogens with one attached hydrogen (secondary N) is 1. The molecule has 1 fully saturated rings. The third-order valence-corrected chi connectivity index (χ3v) is 4.52. The van der Waals surface area contributed by atoms with E-state index in [-0.39, 0.29) is 5.54 Å². The Morgan fingerprint density at radius 1 is 1.33 bits per heavy atom. The van der Waals surface area contributed by atoms with E-state index in [1.54, 1.807) is 0 Å². The summed E-state index contributed by atoms with van der Waals surface area (Å²) in [6.07, 6.45) is 2.37. The predicted molar refractivity (Wildman–Crippen MR) is 81.2 cm³/mol. The summed E-state index contributed by atoms with van der Waals surface area (Å²) < 4.78 is 0. The molecule has 1 aromatic rings. The molecule has 98 valence electrons. The minimum absolute atomic E-state index is 0.233. The average molecular weight is 262 g/mol. The molecule has 0 saturated carbocycles. The summed E-state index contributed by atoms with van der Waals surface area (Å²) in [4.78, 5) is 4.70. The monoisotopic (exact) mass is 262 g/mol. The number of hydrogen-bond acceptors (Lipinski definition) is 2. The molecule has 18 heavy (non-hydrogen) atoms. The van der Waals surface area contributed by atoms with Crippen molar-refractivity contribution in [1.82, 2.24) is 5.32 Å². The largest absolute Gasteiger partial charge is 0.360 e. The van der Waals surface area contributed by atoms with Gasteiger partial charge in [0.1, 0.15) is 0 Å². The van der Waals surface area contributed by atoms with E-state index in [9.17, 15) is 0 Å². The zero-order valence-corrected chi connectivity index (χ0v) is 12.3. The Balaban J connectivity index is 1.99. The maximum atomic E-state index is 4.70. The van der Waals surface area contributed by atoms with Gasteiger partial charge < -0.3 is 5.32 Å². The van der Waals surface area contributed by atoms with Gasteiger partial charge in [0.2, 0.25) is 0 Å². The van der Waals surface area contributed by atoms with Crippen molar-refractivity contribution in [3.8, 4) is 0 Å². The lowest BCUT2D eigenvalue weighted by atomic mass is 9.96. The predicted octanol–water partition coefficient (Wildman–Crippen LogP) is 3.75. The van der Waals surface area contributed by atoms with Gasteiger partial charge in [-0.2, -0.15) is 0 Å². The Kier molecular flexibility index (Phi) is 4.33. The topological polar surface area (TPSA) is 24.4 Å². The molecule has 2 nitrogen and oxygen atoms in total. The first kappa shape index (κ1) is 13.5. The summed E-state index contributed by atoms with van der Waals surface area (Å²) in [5.41, 5.74) is 2.81. The highest BCUT2D eigenvalue weighted by atomic mass is 32.2. The molecule has 0 radical (unpaired) electrons. The van der Waals surface area contributed by atoms with Crippen LogP contribution >= 0.6 is 11.8 Å². The second-order valence-corrected chi connectivity index (χ2v) is 6.33. The van der Waals surface area contributed by atoms with Crippen LogP contribution in [0.4, 0.5) is 0 Å². The van der Waals surface area contributed by atoms with Crippen molar-refractivity contribution >= 4 is 16.9 Å². The fourth-order valence-electron chi connectivity index (χ4n) is 1.94. The Hall–Kier alpha value is -0.960. The third kappa shape index (κ3) is 3.52. The summed E-state index contributed by atoms with van der Waals surface area (Å²) >= 11 is 1.84. The Labute approximate surface area is 114 Å². The molecule has 1 saturated heterocycles. The fraction of sp³-hybridized carbons (Fsp3) is 0.533. The van der Waals surface area contributed by atoms with E-state index in [0.717, 1.165) is 18.1 Å². The maximum absolute atomic E-state index is 4.70. The van der Waals surface area contributed by atoms with Gasteiger partial charge in [-0.1, -0.05) is 48.5 Å². The SMILES string of the molecule is CCC1(C)CCSC(=NCc2ccc(C)cc2)N1. The van der Waals surface area contributed by atoms with Crippen LogP contribution in [-0.4, -0.2) is 16.5 Å². The Morgan fingerprint density at radius 3 is 2.72 bits per heavy atom. The van der Waals surface area contributed by atoms with Crippen molar-refractivity contribution in [3.05, 3.63) is 35.4 Å². The highest BCUT2D eigenvalue weighted by molar-refractivity contribution is 8.13. The van der Waals surface area contributed by atoms with Gasteiger partial charge in [-0.3, -0.25) is 4.99 Å². The molecule has 1 heterocycles. The lowest BCUT2D eigenvalue weighted by molar-refractivity contribution is 0.390. The van der Waals surface area contributed by atoms with E-state index in [4.69, 9.17) is 4.99 Å². The Bertz CT molecular complexity index is 425. The van der Waals surface area contributed by atoms with Crippen molar-refractivity contribution in [2.45, 2.75) is 45.7 Å². The summed E-state index contributed by atoms with van der Waals surface area (Å²) in [5, 5.41) is 4.68. The standard InChI is InChI=1S/C15H22N2S/c1-4-15(3)9-10-18-14(17-15)16-11-13-7-5-12(2)6-8-13/h5-8H,4,9-11H2,1-3H3,(H,16,17). The number of amidine groups is 1. The third-order valence-electron chi connectivity index (χ3n) is 3.61. The van der Waals surface area contributed by atoms with Gasteiger partial charge in [-0.05, 0) is 32.3 Å². The number of nitrogens with zero attached hydrogens (tertiary/aromatic N) is 1. The number of thioether (sulfide) groups is 1. The molecule has 1 aromatic carbocycles. The van der Waals surface area contributed by atoms with Crippen molar-refractivity contribution in [2.24, 2.45) is 4.99 Å². The van der Waals surface area contributed by atoms with Gasteiger partial charge in [0.05, 0.1) is 6.54 Å². The highest BCUT2D eigenvalue weighted by Gasteiger charge is 2.27. The van der Waals surface area contributed by atoms with Gasteiger partial charge in [-0.15, -0.1) is 0 Å². The van der Waals surface area contributed by atoms with E-state index >= 15 is 0 Å². The molecular formula is C15H22N2S. The molecule has 0 bridgehead atoms. The minimum Gasteiger partial charge on any atom is -0.360 e. The van der Waals surface area contributed by atoms with Crippen molar-refractivity contribution in [3.63, 3.8) is 0 Å². The van der Waals surface area contributed by atoms with Crippen LogP contribution in [0.1, 0.15) is 37.8 Å². The molecule has 0 amide bonds. The second-order valence-electron chi connectivity index (χ2n) is 5.24. The smallest absolute Gasteiger partial charge is 0.157 e. The lowest BCUT2D eigenvalue weighted by Gasteiger charge is -2.35. The van der Waals surface area contributed by atoms with E-state index in [2.05, 4.69) is 50.4 Å². The molecule has 2 rings (SSSR count). The summed E-state index contributed by atoms with van der Waals surface area (Å²) in [7, 11) is 0. The minimum atomic E-state index is 0.233. The van der Waals surface area contributed by atoms with Gasteiger partial charge in [0.15, 0.2) is 5.17 Å². The zero-order chi connectivity index (χ0) is 13.0. The molecule has 0 aromatic heterocycles. The number of hydrogen-bond donors (Lipinski definition) is 1. The van der Waals surface area contributed by atoms with Crippen molar-refractivity contribution in [1.29, 1.82) is 0 Å². The molecular weight excluding hydrogens is 240 g/mol. The first-order valence-electron chi connectivity index (χ1n) is 6.62. The lowest BCUT2D eigenvalue weighted by Crippen LogP contribution is -2.48. The summed E-state index contributed by atoms with van der Waals surface area (Å²) in [6, 6.07) is 8.61. The van der Waals surface area contributed by atoms with Crippen LogP contribution in [0, 0.1) is 6.92 Å². The molecule has 0 spiro atoms. The van der Waals surface area contributed by atoms with E-state index in [0.29, 0.717) is 0 Å². The normalized spacial score (nSPS) is 26.1. The zero-order valence-electron chi connectivity index (χ0n) is 11.5. The number of aliphatic imine (C=N–C) groups is 1. The van der Waals surface area contributed by atoms with Crippen LogP contribution in [0.2, 0.25) is 0 Å². The first-order chi connectivity index (χ1) is 8.61. The number of aryl methyl sites for hydroxylation is 1. The quantitative estimate of drug-likeness (QED) is 0.897. The van der Waals surface area contributed by atoms with Crippen LogP contribution in [0.3, 0.4) is 0 Å². The van der Waals surface area contributed by atoms with E-state index < -0.39 is 0 Å². The van der Waals surface area contributed by atoms with Gasteiger partial charge in [0, 0.05) is 11.3 Å².